The molecule has 0 fully saturated rings. The van der Waals surface area contributed by atoms with Gasteiger partial charge in [-0.1, -0.05) is 17.7 Å². The number of hydrogen-bond acceptors (Lipinski definition) is 3. The van der Waals surface area contributed by atoms with Gasteiger partial charge in [0.2, 0.25) is 0 Å². The van der Waals surface area contributed by atoms with Gasteiger partial charge < -0.3 is 10.6 Å². The van der Waals surface area contributed by atoms with Crippen molar-refractivity contribution in [2.24, 2.45) is 10.7 Å². The van der Waals surface area contributed by atoms with E-state index in [-0.39, 0.29) is 11.9 Å². The zero-order valence-corrected chi connectivity index (χ0v) is 12.3. The lowest BCUT2D eigenvalue weighted by Crippen LogP contribution is -2.36. The minimum absolute atomic E-state index is 0.0955. The van der Waals surface area contributed by atoms with Gasteiger partial charge in [-0.2, -0.15) is 0 Å². The molecule has 3 rings (SSSR count). The Morgan fingerprint density at radius 1 is 1.24 bits per heavy atom. The fraction of sp³-hybridized carbons (Fsp3) is 0.188. The normalized spacial score (nSPS) is 18.0. The van der Waals surface area contributed by atoms with Crippen LogP contribution in [0.25, 0.3) is 0 Å². The second-order valence-electron chi connectivity index (χ2n) is 5.06. The van der Waals surface area contributed by atoms with Gasteiger partial charge in [0.15, 0.2) is 5.96 Å². The van der Waals surface area contributed by atoms with Crippen LogP contribution in [0.1, 0.15) is 17.2 Å². The lowest BCUT2D eigenvalue weighted by Gasteiger charge is -2.27. The van der Waals surface area contributed by atoms with E-state index in [0.29, 0.717) is 17.5 Å². The summed E-state index contributed by atoms with van der Waals surface area (Å²) >= 11 is 5.92. The van der Waals surface area contributed by atoms with Gasteiger partial charge in [0, 0.05) is 10.7 Å². The first-order chi connectivity index (χ1) is 10.1. The van der Waals surface area contributed by atoms with Crippen molar-refractivity contribution in [1.82, 2.24) is 0 Å². The first-order valence-corrected chi connectivity index (χ1v) is 7.05. The van der Waals surface area contributed by atoms with Gasteiger partial charge >= 0.3 is 0 Å². The number of anilines is 1. The predicted octanol–water partition coefficient (Wildman–Crippen LogP) is 3.66. The summed E-state index contributed by atoms with van der Waals surface area (Å²) in [5.41, 5.74) is 8.83. The van der Waals surface area contributed by atoms with E-state index in [9.17, 15) is 4.39 Å². The molecule has 3 nitrogen and oxygen atoms in total. The zero-order valence-electron chi connectivity index (χ0n) is 11.6. The molecule has 0 saturated carbocycles. The van der Waals surface area contributed by atoms with Crippen LogP contribution in [0, 0.1) is 12.7 Å². The van der Waals surface area contributed by atoms with Crippen LogP contribution in [-0.2, 0) is 0 Å². The molecule has 0 amide bonds. The molecular formula is C16H15ClFN3. The molecule has 21 heavy (non-hydrogen) atoms. The molecule has 1 unspecified atom stereocenters. The summed E-state index contributed by atoms with van der Waals surface area (Å²) < 4.78 is 13.6. The second kappa shape index (κ2) is 5.37. The minimum atomic E-state index is -0.253. The van der Waals surface area contributed by atoms with Crippen LogP contribution in [0.2, 0.25) is 5.02 Å². The van der Waals surface area contributed by atoms with Crippen LogP contribution in [0.15, 0.2) is 47.5 Å². The van der Waals surface area contributed by atoms with Crippen LogP contribution in [0.5, 0.6) is 0 Å². The summed E-state index contributed by atoms with van der Waals surface area (Å²) in [6.45, 7) is 2.47. The third-order valence-corrected chi connectivity index (χ3v) is 3.94. The first-order valence-electron chi connectivity index (χ1n) is 6.67. The van der Waals surface area contributed by atoms with Crippen molar-refractivity contribution in [3.63, 3.8) is 0 Å². The highest BCUT2D eigenvalue weighted by molar-refractivity contribution is 6.30. The lowest BCUT2D eigenvalue weighted by atomic mass is 10.00. The van der Waals surface area contributed by atoms with Crippen molar-refractivity contribution in [3.8, 4) is 0 Å². The third kappa shape index (κ3) is 2.59. The highest BCUT2D eigenvalue weighted by atomic mass is 35.5. The Labute approximate surface area is 127 Å². The molecule has 1 heterocycles. The van der Waals surface area contributed by atoms with Gasteiger partial charge in [-0.25, -0.2) is 4.39 Å². The first kappa shape index (κ1) is 13.9. The van der Waals surface area contributed by atoms with Gasteiger partial charge in [0.05, 0.1) is 12.6 Å². The molecule has 0 bridgehead atoms. The largest absolute Gasteiger partial charge is 0.369 e. The predicted molar refractivity (Wildman–Crippen MR) is 84.3 cm³/mol. The molecule has 2 N–H and O–H groups in total. The highest BCUT2D eigenvalue weighted by Crippen LogP contribution is 2.33. The molecule has 0 radical (unpaired) electrons. The maximum Gasteiger partial charge on any atom is 0.196 e. The average molecular weight is 304 g/mol. The molecule has 0 aliphatic carbocycles. The number of halogens is 2. The Morgan fingerprint density at radius 2 is 1.95 bits per heavy atom. The number of rotatable bonds is 2. The smallest absolute Gasteiger partial charge is 0.196 e. The summed E-state index contributed by atoms with van der Waals surface area (Å²) in [6, 6.07) is 12.1. The van der Waals surface area contributed by atoms with E-state index in [1.807, 2.05) is 24.0 Å². The highest BCUT2D eigenvalue weighted by Gasteiger charge is 2.30. The van der Waals surface area contributed by atoms with Crippen LogP contribution in [-0.4, -0.2) is 12.5 Å². The maximum atomic E-state index is 13.6. The molecule has 0 saturated heterocycles. The fourth-order valence-electron chi connectivity index (χ4n) is 2.62. The Balaban J connectivity index is 2.02. The average Bonchev–Trinajstić information content (AvgIpc) is 2.84. The van der Waals surface area contributed by atoms with E-state index >= 15 is 0 Å². The number of aryl methyl sites for hydroxylation is 1. The SMILES string of the molecule is Cc1ccc(F)cc1C1CN=C(N)N1c1ccc(Cl)cc1. The lowest BCUT2D eigenvalue weighted by molar-refractivity contribution is 0.620. The quantitative estimate of drug-likeness (QED) is 0.920. The summed E-state index contributed by atoms with van der Waals surface area (Å²) in [6.07, 6.45) is 0. The minimum Gasteiger partial charge on any atom is -0.369 e. The summed E-state index contributed by atoms with van der Waals surface area (Å²) in [4.78, 5) is 6.22. The molecular weight excluding hydrogens is 289 g/mol. The van der Waals surface area contributed by atoms with Crippen LogP contribution >= 0.6 is 11.6 Å². The van der Waals surface area contributed by atoms with Gasteiger partial charge in [-0.05, 0) is 54.4 Å². The van der Waals surface area contributed by atoms with Gasteiger partial charge in [0.25, 0.3) is 0 Å². The topological polar surface area (TPSA) is 41.6 Å². The Hall–Kier alpha value is -2.07. The standard InChI is InChI=1S/C16H15ClFN3/c1-10-2-5-12(18)8-14(10)15-9-20-16(19)21(15)13-6-3-11(17)4-7-13/h2-8,15H,9H2,1H3,(H2,19,20). The molecule has 108 valence electrons. The summed E-state index contributed by atoms with van der Waals surface area (Å²) in [5, 5.41) is 0.659. The van der Waals surface area contributed by atoms with Crippen molar-refractivity contribution >= 4 is 23.2 Å². The molecule has 0 aromatic heterocycles. The van der Waals surface area contributed by atoms with Crippen molar-refractivity contribution in [3.05, 3.63) is 64.4 Å². The molecule has 2 aromatic carbocycles. The summed E-state index contributed by atoms with van der Waals surface area (Å²) in [7, 11) is 0. The van der Waals surface area contributed by atoms with E-state index in [0.717, 1.165) is 16.8 Å². The van der Waals surface area contributed by atoms with Gasteiger partial charge in [0.1, 0.15) is 5.82 Å². The monoisotopic (exact) mass is 303 g/mol. The second-order valence-corrected chi connectivity index (χ2v) is 5.50. The number of nitrogens with zero attached hydrogens (tertiary/aromatic N) is 2. The van der Waals surface area contributed by atoms with Crippen LogP contribution < -0.4 is 10.6 Å². The van der Waals surface area contributed by atoms with Gasteiger partial charge in [-0.15, -0.1) is 0 Å². The number of nitrogens with two attached hydrogens (primary N) is 1. The van der Waals surface area contributed by atoms with Crippen molar-refractivity contribution in [1.29, 1.82) is 0 Å². The Morgan fingerprint density at radius 3 is 2.67 bits per heavy atom. The van der Waals surface area contributed by atoms with E-state index in [1.165, 1.54) is 6.07 Å². The molecule has 0 spiro atoms. The van der Waals surface area contributed by atoms with E-state index < -0.39 is 0 Å². The summed E-state index contributed by atoms with van der Waals surface area (Å²) in [5.74, 6) is 0.183. The molecule has 1 atom stereocenters. The third-order valence-electron chi connectivity index (χ3n) is 3.69. The van der Waals surface area contributed by atoms with E-state index in [2.05, 4.69) is 4.99 Å². The zero-order chi connectivity index (χ0) is 15.0. The van der Waals surface area contributed by atoms with E-state index in [1.54, 1.807) is 24.3 Å². The number of guanidine groups is 1. The fourth-order valence-corrected chi connectivity index (χ4v) is 2.75. The van der Waals surface area contributed by atoms with E-state index in [4.69, 9.17) is 17.3 Å². The van der Waals surface area contributed by atoms with Crippen molar-refractivity contribution in [2.45, 2.75) is 13.0 Å². The number of aliphatic imine (C=N–C) groups is 1. The molecule has 1 aliphatic heterocycles. The van der Waals surface area contributed by atoms with Crippen molar-refractivity contribution in [2.75, 3.05) is 11.4 Å². The number of hydrogen-bond donors (Lipinski definition) is 1. The number of benzene rings is 2. The molecule has 5 heteroatoms. The van der Waals surface area contributed by atoms with Crippen LogP contribution in [0.4, 0.5) is 10.1 Å². The van der Waals surface area contributed by atoms with Crippen LogP contribution in [0.3, 0.4) is 0 Å². The van der Waals surface area contributed by atoms with Gasteiger partial charge in [-0.3, -0.25) is 4.99 Å². The Bertz CT molecular complexity index is 697. The van der Waals surface area contributed by atoms with Crippen molar-refractivity contribution < 1.29 is 4.39 Å². The maximum absolute atomic E-state index is 13.6. The Kier molecular flexibility index (Phi) is 3.55. The molecule has 2 aromatic rings. The molecule has 1 aliphatic rings.